The number of anilines is 2. The Bertz CT molecular complexity index is 865. The molecular formula is C17H16N4O3. The smallest absolute Gasteiger partial charge is 0.247 e. The maximum absolute atomic E-state index is 11.2. The van der Waals surface area contributed by atoms with E-state index in [1.807, 2.05) is 42.5 Å². The van der Waals surface area contributed by atoms with E-state index in [1.54, 1.807) is 12.6 Å². The number of nitrogens with one attached hydrogen (secondary N) is 2. The summed E-state index contributed by atoms with van der Waals surface area (Å²) in [7, 11) is 1.61. The van der Waals surface area contributed by atoms with E-state index in [4.69, 9.17) is 9.94 Å². The third kappa shape index (κ3) is 3.41. The van der Waals surface area contributed by atoms with Crippen molar-refractivity contribution in [2.75, 3.05) is 12.4 Å². The Morgan fingerprint density at radius 2 is 1.96 bits per heavy atom. The molecular weight excluding hydrogens is 308 g/mol. The summed E-state index contributed by atoms with van der Waals surface area (Å²) in [4.78, 5) is 19.7. The lowest BCUT2D eigenvalue weighted by Crippen LogP contribution is -2.20. The van der Waals surface area contributed by atoms with Gasteiger partial charge in [-0.1, -0.05) is 12.1 Å². The van der Waals surface area contributed by atoms with E-state index < -0.39 is 5.91 Å². The van der Waals surface area contributed by atoms with Gasteiger partial charge < -0.3 is 10.1 Å². The average molecular weight is 324 g/mol. The van der Waals surface area contributed by atoms with Gasteiger partial charge in [0.05, 0.1) is 19.0 Å². The number of methoxy groups -OCH3 is 1. The number of rotatable bonds is 5. The molecule has 0 fully saturated rings. The second-order valence-electron chi connectivity index (χ2n) is 5.14. The van der Waals surface area contributed by atoms with Crippen molar-refractivity contribution in [1.29, 1.82) is 0 Å². The van der Waals surface area contributed by atoms with Crippen LogP contribution in [0.5, 0.6) is 5.75 Å². The van der Waals surface area contributed by atoms with E-state index in [-0.39, 0.29) is 6.42 Å². The number of hydrogen-bond donors (Lipinski definition) is 3. The maximum Gasteiger partial charge on any atom is 0.247 e. The number of carbonyl (C=O) groups is 1. The lowest BCUT2D eigenvalue weighted by Gasteiger charge is -2.10. The third-order valence-corrected chi connectivity index (χ3v) is 3.55. The molecule has 0 atom stereocenters. The quantitative estimate of drug-likeness (QED) is 0.493. The molecule has 0 bridgehead atoms. The van der Waals surface area contributed by atoms with Gasteiger partial charge in [0.2, 0.25) is 5.91 Å². The van der Waals surface area contributed by atoms with Crippen molar-refractivity contribution in [3.05, 3.63) is 54.4 Å². The van der Waals surface area contributed by atoms with Crippen molar-refractivity contribution >= 4 is 28.3 Å². The summed E-state index contributed by atoms with van der Waals surface area (Å²) in [6, 6.07) is 12.9. The van der Waals surface area contributed by atoms with Gasteiger partial charge in [-0.3, -0.25) is 10.0 Å². The molecule has 122 valence electrons. The Kier molecular flexibility index (Phi) is 4.53. The number of benzene rings is 2. The molecule has 1 heterocycles. The highest BCUT2D eigenvalue weighted by Crippen LogP contribution is 2.26. The van der Waals surface area contributed by atoms with Gasteiger partial charge in [-0.2, -0.15) is 0 Å². The maximum atomic E-state index is 11.2. The second-order valence-corrected chi connectivity index (χ2v) is 5.14. The fourth-order valence-corrected chi connectivity index (χ4v) is 2.33. The molecule has 0 unspecified atom stereocenters. The Morgan fingerprint density at radius 1 is 1.17 bits per heavy atom. The standard InChI is InChI=1S/C17H16N4O3/c1-24-13-6-7-14-15(9-13)18-10-19-17(14)20-12-4-2-11(3-5-12)8-16(22)21-23/h2-7,9-10,23H,8H2,1H3,(H,21,22)(H,18,19,20). The first-order valence-corrected chi connectivity index (χ1v) is 7.27. The highest BCUT2D eigenvalue weighted by atomic mass is 16.5. The van der Waals surface area contributed by atoms with Crippen LogP contribution < -0.4 is 15.5 Å². The summed E-state index contributed by atoms with van der Waals surface area (Å²) in [6.07, 6.45) is 1.61. The van der Waals surface area contributed by atoms with Gasteiger partial charge in [-0.25, -0.2) is 15.4 Å². The average Bonchev–Trinajstić information content (AvgIpc) is 2.63. The predicted molar refractivity (Wildman–Crippen MR) is 89.4 cm³/mol. The molecule has 0 spiro atoms. The first-order valence-electron chi connectivity index (χ1n) is 7.27. The normalized spacial score (nSPS) is 10.4. The molecule has 0 aliphatic rings. The molecule has 1 amide bonds. The van der Waals surface area contributed by atoms with Gasteiger partial charge in [-0.15, -0.1) is 0 Å². The topological polar surface area (TPSA) is 96.4 Å². The molecule has 3 aromatic rings. The Morgan fingerprint density at radius 3 is 2.67 bits per heavy atom. The molecule has 1 aromatic heterocycles. The summed E-state index contributed by atoms with van der Waals surface area (Å²) in [6.45, 7) is 0. The monoisotopic (exact) mass is 324 g/mol. The van der Waals surface area contributed by atoms with E-state index in [2.05, 4.69) is 15.3 Å². The van der Waals surface area contributed by atoms with Crippen LogP contribution in [0.4, 0.5) is 11.5 Å². The number of fused-ring (bicyclic) bond motifs is 1. The Balaban J connectivity index is 1.83. The minimum atomic E-state index is -0.452. The lowest BCUT2D eigenvalue weighted by molar-refractivity contribution is -0.128. The number of amides is 1. The Hall–Kier alpha value is -3.19. The number of hydrogen-bond acceptors (Lipinski definition) is 6. The molecule has 0 aliphatic carbocycles. The fraction of sp³-hybridized carbons (Fsp3) is 0.118. The summed E-state index contributed by atoms with van der Waals surface area (Å²) in [5.41, 5.74) is 4.02. The van der Waals surface area contributed by atoms with E-state index in [0.717, 1.165) is 27.9 Å². The van der Waals surface area contributed by atoms with Crippen molar-refractivity contribution in [1.82, 2.24) is 15.4 Å². The van der Waals surface area contributed by atoms with Gasteiger partial charge in [0.1, 0.15) is 17.9 Å². The van der Waals surface area contributed by atoms with Crippen LogP contribution in [0.15, 0.2) is 48.8 Å². The molecule has 2 aromatic carbocycles. The summed E-state index contributed by atoms with van der Waals surface area (Å²) in [5.74, 6) is 0.966. The molecule has 0 radical (unpaired) electrons. The molecule has 7 nitrogen and oxygen atoms in total. The zero-order valence-electron chi connectivity index (χ0n) is 13.0. The molecule has 7 heteroatoms. The first kappa shape index (κ1) is 15.7. The van der Waals surface area contributed by atoms with Gasteiger partial charge in [0, 0.05) is 17.1 Å². The van der Waals surface area contributed by atoms with E-state index in [0.29, 0.717) is 5.82 Å². The van der Waals surface area contributed by atoms with E-state index in [1.165, 1.54) is 6.33 Å². The van der Waals surface area contributed by atoms with Crippen molar-refractivity contribution in [3.63, 3.8) is 0 Å². The number of hydroxylamine groups is 1. The molecule has 24 heavy (non-hydrogen) atoms. The largest absolute Gasteiger partial charge is 0.497 e. The van der Waals surface area contributed by atoms with Crippen LogP contribution in [0, 0.1) is 0 Å². The zero-order valence-corrected chi connectivity index (χ0v) is 13.0. The lowest BCUT2D eigenvalue weighted by atomic mass is 10.1. The van der Waals surface area contributed by atoms with Gasteiger partial charge in [0.15, 0.2) is 0 Å². The fourth-order valence-electron chi connectivity index (χ4n) is 2.33. The molecule has 3 N–H and O–H groups in total. The number of aromatic nitrogens is 2. The number of carbonyl (C=O) groups excluding carboxylic acids is 1. The zero-order chi connectivity index (χ0) is 16.9. The SMILES string of the molecule is COc1ccc2c(Nc3ccc(CC(=O)NO)cc3)ncnc2c1. The van der Waals surface area contributed by atoms with Crippen LogP contribution in [-0.4, -0.2) is 28.2 Å². The summed E-state index contributed by atoms with van der Waals surface area (Å²) in [5, 5.41) is 12.7. The first-order chi connectivity index (χ1) is 11.7. The van der Waals surface area contributed by atoms with Crippen LogP contribution in [-0.2, 0) is 11.2 Å². The van der Waals surface area contributed by atoms with Crippen LogP contribution in [0.2, 0.25) is 0 Å². The van der Waals surface area contributed by atoms with Crippen LogP contribution in [0.3, 0.4) is 0 Å². The highest BCUT2D eigenvalue weighted by Gasteiger charge is 2.06. The van der Waals surface area contributed by atoms with Gasteiger partial charge in [-0.05, 0) is 29.8 Å². The highest BCUT2D eigenvalue weighted by molar-refractivity contribution is 5.91. The minimum Gasteiger partial charge on any atom is -0.497 e. The summed E-state index contributed by atoms with van der Waals surface area (Å²) >= 11 is 0. The number of ether oxygens (including phenoxy) is 1. The van der Waals surface area contributed by atoms with Gasteiger partial charge in [0.25, 0.3) is 0 Å². The second kappa shape index (κ2) is 6.93. The van der Waals surface area contributed by atoms with Crippen molar-refractivity contribution in [3.8, 4) is 5.75 Å². The Labute approximate surface area is 138 Å². The van der Waals surface area contributed by atoms with Crippen molar-refractivity contribution < 1.29 is 14.7 Å². The predicted octanol–water partition coefficient (Wildman–Crippen LogP) is 2.43. The van der Waals surface area contributed by atoms with E-state index in [9.17, 15) is 4.79 Å². The van der Waals surface area contributed by atoms with Crippen molar-refractivity contribution in [2.45, 2.75) is 6.42 Å². The van der Waals surface area contributed by atoms with E-state index >= 15 is 0 Å². The van der Waals surface area contributed by atoms with Crippen molar-refractivity contribution in [2.24, 2.45) is 0 Å². The summed E-state index contributed by atoms with van der Waals surface area (Å²) < 4.78 is 5.20. The molecule has 0 saturated heterocycles. The molecule has 0 saturated carbocycles. The molecule has 3 rings (SSSR count). The van der Waals surface area contributed by atoms with Crippen LogP contribution >= 0.6 is 0 Å². The van der Waals surface area contributed by atoms with Crippen LogP contribution in [0.25, 0.3) is 10.9 Å². The molecule has 0 aliphatic heterocycles. The van der Waals surface area contributed by atoms with Crippen LogP contribution in [0.1, 0.15) is 5.56 Å². The minimum absolute atomic E-state index is 0.118. The number of nitrogens with zero attached hydrogens (tertiary/aromatic N) is 2. The van der Waals surface area contributed by atoms with Gasteiger partial charge >= 0.3 is 0 Å². The third-order valence-electron chi connectivity index (χ3n) is 3.55.